The van der Waals surface area contributed by atoms with Crippen molar-refractivity contribution in [2.24, 2.45) is 0 Å². The molecule has 1 fully saturated rings. The first-order valence-electron chi connectivity index (χ1n) is 9.23. The van der Waals surface area contributed by atoms with E-state index in [9.17, 15) is 43.5 Å². The molecular formula is C20H17F8NO2S. The fourth-order valence-corrected chi connectivity index (χ4v) is 5.94. The van der Waals surface area contributed by atoms with Crippen molar-refractivity contribution in [2.45, 2.75) is 41.0 Å². The third kappa shape index (κ3) is 3.57. The second kappa shape index (κ2) is 7.68. The molecule has 2 aromatic rings. The number of halogens is 8. The number of sulfone groups is 1. The van der Waals surface area contributed by atoms with E-state index in [1.54, 1.807) is 0 Å². The summed E-state index contributed by atoms with van der Waals surface area (Å²) >= 11 is 0. The molecule has 0 bridgehead atoms. The molecule has 32 heavy (non-hydrogen) atoms. The summed E-state index contributed by atoms with van der Waals surface area (Å²) in [5.74, 6) is -0.648. The van der Waals surface area contributed by atoms with Crippen molar-refractivity contribution in [2.75, 3.05) is 13.1 Å². The molecule has 1 unspecified atom stereocenters. The summed E-state index contributed by atoms with van der Waals surface area (Å²) in [4.78, 5) is -0.255. The molecule has 1 atom stereocenters. The minimum Gasteiger partial charge on any atom is -0.315 e. The highest BCUT2D eigenvalue weighted by atomic mass is 32.2. The van der Waals surface area contributed by atoms with E-state index in [4.69, 9.17) is 0 Å². The van der Waals surface area contributed by atoms with Crippen molar-refractivity contribution in [1.29, 1.82) is 0 Å². The highest BCUT2D eigenvalue weighted by molar-refractivity contribution is 7.92. The maximum atomic E-state index is 14.3. The molecule has 176 valence electrons. The third-order valence-electron chi connectivity index (χ3n) is 5.66. The smallest absolute Gasteiger partial charge is 0.315 e. The Morgan fingerprint density at radius 3 is 1.91 bits per heavy atom. The predicted molar refractivity (Wildman–Crippen MR) is 98.8 cm³/mol. The summed E-state index contributed by atoms with van der Waals surface area (Å²) in [5, 5.41) is 2.82. The lowest BCUT2D eigenvalue weighted by Crippen LogP contribution is -2.50. The van der Waals surface area contributed by atoms with Crippen LogP contribution in [0.3, 0.4) is 0 Å². The number of benzene rings is 2. The zero-order valence-electron chi connectivity index (χ0n) is 16.4. The standard InChI is InChI=1S/C20H17F8NO2S/c1-12-10-15(6-7-16(12)21)32(30,31)17(8-9-29-11-17)13-2-4-14(5-3-13)18(22,19(23,24)25)20(26,27)28/h2-7,10,29H,8-9,11H2,1H3. The normalized spacial score (nSPS) is 20.5. The fourth-order valence-electron chi connectivity index (χ4n) is 3.80. The molecule has 0 saturated carbocycles. The van der Waals surface area contributed by atoms with E-state index in [-0.39, 0.29) is 35.5 Å². The van der Waals surface area contributed by atoms with Gasteiger partial charge in [0.15, 0.2) is 9.84 Å². The molecule has 2 aromatic carbocycles. The van der Waals surface area contributed by atoms with Crippen LogP contribution in [0.25, 0.3) is 0 Å². The van der Waals surface area contributed by atoms with Crippen LogP contribution in [0.4, 0.5) is 35.1 Å². The number of nitrogens with one attached hydrogen (secondary N) is 1. The van der Waals surface area contributed by atoms with E-state index in [0.717, 1.165) is 30.3 Å². The van der Waals surface area contributed by atoms with E-state index in [1.807, 2.05) is 0 Å². The molecule has 1 aliphatic heterocycles. The average Bonchev–Trinajstić information content (AvgIpc) is 3.19. The number of hydrogen-bond donors (Lipinski definition) is 1. The third-order valence-corrected chi connectivity index (χ3v) is 8.15. The van der Waals surface area contributed by atoms with Gasteiger partial charge in [0.1, 0.15) is 10.6 Å². The van der Waals surface area contributed by atoms with Crippen molar-refractivity contribution >= 4 is 9.84 Å². The Kier molecular flexibility index (Phi) is 5.87. The zero-order valence-corrected chi connectivity index (χ0v) is 17.2. The van der Waals surface area contributed by atoms with Gasteiger partial charge in [0, 0.05) is 12.1 Å². The van der Waals surface area contributed by atoms with E-state index < -0.39 is 44.0 Å². The first-order valence-corrected chi connectivity index (χ1v) is 10.7. The number of hydrogen-bond acceptors (Lipinski definition) is 3. The van der Waals surface area contributed by atoms with Gasteiger partial charge < -0.3 is 5.32 Å². The summed E-state index contributed by atoms with van der Waals surface area (Å²) < 4.78 is 131. The Morgan fingerprint density at radius 1 is 0.906 bits per heavy atom. The maximum Gasteiger partial charge on any atom is 0.435 e. The van der Waals surface area contributed by atoms with Crippen LogP contribution >= 0.6 is 0 Å². The molecule has 12 heteroatoms. The topological polar surface area (TPSA) is 46.2 Å². The Morgan fingerprint density at radius 2 is 1.47 bits per heavy atom. The minimum atomic E-state index is -6.28. The quantitative estimate of drug-likeness (QED) is 0.483. The van der Waals surface area contributed by atoms with Gasteiger partial charge in [-0.2, -0.15) is 26.3 Å². The molecule has 0 aliphatic carbocycles. The number of alkyl halides is 7. The van der Waals surface area contributed by atoms with Crippen molar-refractivity contribution < 1.29 is 43.5 Å². The van der Waals surface area contributed by atoms with Gasteiger partial charge in [-0.15, -0.1) is 0 Å². The first-order chi connectivity index (χ1) is 14.6. The van der Waals surface area contributed by atoms with Crippen LogP contribution in [0.5, 0.6) is 0 Å². The number of rotatable bonds is 4. The molecule has 1 saturated heterocycles. The molecule has 0 radical (unpaired) electrons. The average molecular weight is 487 g/mol. The van der Waals surface area contributed by atoms with Crippen LogP contribution < -0.4 is 5.32 Å². The maximum absolute atomic E-state index is 14.3. The Balaban J connectivity index is 2.13. The summed E-state index contributed by atoms with van der Waals surface area (Å²) in [7, 11) is -4.27. The lowest BCUT2D eigenvalue weighted by molar-refractivity contribution is -0.348. The van der Waals surface area contributed by atoms with Crippen molar-refractivity contribution in [1.82, 2.24) is 5.32 Å². The van der Waals surface area contributed by atoms with Gasteiger partial charge in [-0.3, -0.25) is 0 Å². The van der Waals surface area contributed by atoms with Gasteiger partial charge in [-0.05, 0) is 49.2 Å². The van der Waals surface area contributed by atoms with E-state index >= 15 is 0 Å². The minimum absolute atomic E-state index is 0.0418. The molecule has 1 heterocycles. The van der Waals surface area contributed by atoms with Crippen LogP contribution in [0.15, 0.2) is 47.4 Å². The predicted octanol–water partition coefficient (Wildman–Crippen LogP) is 5.09. The second-order valence-corrected chi connectivity index (χ2v) is 9.83. The summed E-state index contributed by atoms with van der Waals surface area (Å²) in [6.07, 6.45) is -12.6. The van der Waals surface area contributed by atoms with Crippen LogP contribution in [0.2, 0.25) is 0 Å². The van der Waals surface area contributed by atoms with Crippen LogP contribution in [-0.2, 0) is 20.3 Å². The van der Waals surface area contributed by atoms with Gasteiger partial charge in [-0.1, -0.05) is 24.3 Å². The molecular weight excluding hydrogens is 470 g/mol. The Bertz CT molecular complexity index is 1090. The van der Waals surface area contributed by atoms with Gasteiger partial charge in [-0.25, -0.2) is 17.2 Å². The van der Waals surface area contributed by atoms with Crippen molar-refractivity contribution in [3.63, 3.8) is 0 Å². The molecule has 0 aromatic heterocycles. The Labute approximate surface area is 178 Å². The number of aryl methyl sites for hydroxylation is 1. The van der Waals surface area contributed by atoms with Crippen LogP contribution in [0.1, 0.15) is 23.1 Å². The lowest BCUT2D eigenvalue weighted by atomic mass is 9.90. The molecule has 3 rings (SSSR count). The summed E-state index contributed by atoms with van der Waals surface area (Å²) in [6, 6.07) is 5.17. The second-order valence-electron chi connectivity index (χ2n) is 7.57. The molecule has 0 spiro atoms. The van der Waals surface area contributed by atoms with Gasteiger partial charge in [0.25, 0.3) is 0 Å². The zero-order chi connectivity index (χ0) is 24.2. The lowest BCUT2D eigenvalue weighted by Gasteiger charge is -2.32. The van der Waals surface area contributed by atoms with Crippen molar-refractivity contribution in [3.8, 4) is 0 Å². The molecule has 3 nitrogen and oxygen atoms in total. The SMILES string of the molecule is Cc1cc(S(=O)(=O)C2(c3ccc(C(F)(C(F)(F)F)C(F)(F)F)cc3)CCNC2)ccc1F. The molecule has 0 amide bonds. The van der Waals surface area contributed by atoms with Crippen LogP contribution in [0, 0.1) is 12.7 Å². The van der Waals surface area contributed by atoms with E-state index in [2.05, 4.69) is 5.32 Å². The monoisotopic (exact) mass is 487 g/mol. The Hall–Kier alpha value is -2.21. The molecule has 1 aliphatic rings. The molecule has 1 N–H and O–H groups in total. The van der Waals surface area contributed by atoms with Gasteiger partial charge >= 0.3 is 18.0 Å². The van der Waals surface area contributed by atoms with Crippen molar-refractivity contribution in [3.05, 3.63) is 65.0 Å². The fraction of sp³-hybridized carbons (Fsp3) is 0.400. The summed E-state index contributed by atoms with van der Waals surface area (Å²) in [5.41, 5.74) is -7.40. The largest absolute Gasteiger partial charge is 0.435 e. The summed E-state index contributed by atoms with van der Waals surface area (Å²) in [6.45, 7) is 1.35. The highest BCUT2D eigenvalue weighted by Gasteiger charge is 2.73. The highest BCUT2D eigenvalue weighted by Crippen LogP contribution is 2.53. The first kappa shape index (κ1) is 24.4. The van der Waals surface area contributed by atoms with Gasteiger partial charge in [0.2, 0.25) is 0 Å². The van der Waals surface area contributed by atoms with E-state index in [1.165, 1.54) is 6.92 Å². The van der Waals surface area contributed by atoms with Gasteiger partial charge in [0.05, 0.1) is 4.90 Å². The van der Waals surface area contributed by atoms with E-state index in [0.29, 0.717) is 12.1 Å². The van der Waals surface area contributed by atoms with Crippen LogP contribution in [-0.4, -0.2) is 33.9 Å².